The summed E-state index contributed by atoms with van der Waals surface area (Å²) in [6, 6.07) is 8.53. The van der Waals surface area contributed by atoms with Crippen LogP contribution in [0.25, 0.3) is 0 Å². The lowest BCUT2D eigenvalue weighted by molar-refractivity contribution is 0.103. The van der Waals surface area contributed by atoms with Crippen molar-refractivity contribution in [1.82, 2.24) is 9.97 Å². The first-order valence-electron chi connectivity index (χ1n) is 4.77. The summed E-state index contributed by atoms with van der Waals surface area (Å²) in [5, 5.41) is 0. The second kappa shape index (κ2) is 4.53. The molecule has 2 aromatic rings. The van der Waals surface area contributed by atoms with E-state index in [-0.39, 0.29) is 5.78 Å². The average Bonchev–Trinajstić information content (AvgIpc) is 2.39. The Morgan fingerprint density at radius 3 is 2.62 bits per heavy atom. The predicted octanol–water partition coefficient (Wildman–Crippen LogP) is 1.72. The van der Waals surface area contributed by atoms with Crippen LogP contribution in [0.15, 0.2) is 42.7 Å². The molecule has 4 nitrogen and oxygen atoms in total. The highest BCUT2D eigenvalue weighted by atomic mass is 16.5. The van der Waals surface area contributed by atoms with Gasteiger partial charge < -0.3 is 4.74 Å². The van der Waals surface area contributed by atoms with Crippen molar-refractivity contribution in [2.75, 3.05) is 7.11 Å². The minimum absolute atomic E-state index is 0.143. The fourth-order valence-electron chi connectivity index (χ4n) is 1.28. The van der Waals surface area contributed by atoms with Gasteiger partial charge in [-0.3, -0.25) is 9.78 Å². The van der Waals surface area contributed by atoms with Gasteiger partial charge in [0.25, 0.3) is 0 Å². The Balaban J connectivity index is 2.28. The number of hydrogen-bond acceptors (Lipinski definition) is 4. The van der Waals surface area contributed by atoms with Gasteiger partial charge in [-0.15, -0.1) is 0 Å². The first-order valence-corrected chi connectivity index (χ1v) is 4.77. The average molecular weight is 214 g/mol. The van der Waals surface area contributed by atoms with Crippen LogP contribution in [0.5, 0.6) is 5.88 Å². The second-order valence-electron chi connectivity index (χ2n) is 3.13. The van der Waals surface area contributed by atoms with Crippen LogP contribution in [0, 0.1) is 0 Å². The van der Waals surface area contributed by atoms with E-state index >= 15 is 0 Å². The summed E-state index contributed by atoms with van der Waals surface area (Å²) in [6.07, 6.45) is 3.07. The number of pyridine rings is 2. The fourth-order valence-corrected chi connectivity index (χ4v) is 1.28. The molecule has 0 aromatic carbocycles. The van der Waals surface area contributed by atoms with Crippen molar-refractivity contribution < 1.29 is 9.53 Å². The Labute approximate surface area is 92.9 Å². The van der Waals surface area contributed by atoms with E-state index in [9.17, 15) is 4.79 Å². The van der Waals surface area contributed by atoms with Crippen LogP contribution in [0.2, 0.25) is 0 Å². The van der Waals surface area contributed by atoms with Gasteiger partial charge in [0.15, 0.2) is 0 Å². The molecule has 0 saturated heterocycles. The lowest BCUT2D eigenvalue weighted by Gasteiger charge is -2.01. The number of nitrogens with zero attached hydrogens (tertiary/aromatic N) is 2. The number of hydrogen-bond donors (Lipinski definition) is 0. The summed E-state index contributed by atoms with van der Waals surface area (Å²) in [5.74, 6) is 0.341. The predicted molar refractivity (Wildman–Crippen MR) is 58.5 cm³/mol. The normalized spacial score (nSPS) is 9.81. The molecule has 0 N–H and O–H groups in total. The van der Waals surface area contributed by atoms with Crippen molar-refractivity contribution in [2.24, 2.45) is 0 Å². The Kier molecular flexibility index (Phi) is 2.91. The molecule has 0 bridgehead atoms. The summed E-state index contributed by atoms with van der Waals surface area (Å²) >= 11 is 0. The molecule has 16 heavy (non-hydrogen) atoms. The highest BCUT2D eigenvalue weighted by molar-refractivity contribution is 6.07. The Bertz CT molecular complexity index is 480. The summed E-state index contributed by atoms with van der Waals surface area (Å²) in [6.45, 7) is 0. The maximum absolute atomic E-state index is 11.9. The van der Waals surface area contributed by atoms with Crippen LogP contribution in [0.1, 0.15) is 16.1 Å². The molecule has 0 aliphatic rings. The van der Waals surface area contributed by atoms with Gasteiger partial charge in [-0.25, -0.2) is 4.98 Å². The second-order valence-corrected chi connectivity index (χ2v) is 3.13. The minimum atomic E-state index is -0.143. The van der Waals surface area contributed by atoms with E-state index in [1.165, 1.54) is 13.3 Å². The van der Waals surface area contributed by atoms with Gasteiger partial charge in [0.1, 0.15) is 5.69 Å². The molecule has 0 atom stereocenters. The van der Waals surface area contributed by atoms with Crippen molar-refractivity contribution in [3.05, 3.63) is 54.0 Å². The first-order chi connectivity index (χ1) is 7.81. The summed E-state index contributed by atoms with van der Waals surface area (Å²) < 4.78 is 4.92. The molecule has 0 saturated carbocycles. The van der Waals surface area contributed by atoms with Crippen molar-refractivity contribution in [2.45, 2.75) is 0 Å². The zero-order valence-corrected chi connectivity index (χ0v) is 8.75. The van der Waals surface area contributed by atoms with Crippen molar-refractivity contribution in [1.29, 1.82) is 0 Å². The smallest absolute Gasteiger partial charge is 0.212 e. The molecule has 2 rings (SSSR count). The van der Waals surface area contributed by atoms with Crippen molar-refractivity contribution >= 4 is 5.78 Å². The standard InChI is InChI=1S/C12H10N2O2/c1-16-11-6-5-9(8-14-11)12(15)10-4-2-3-7-13-10/h2-8H,1H3. The van der Waals surface area contributed by atoms with Crippen LogP contribution in [0.4, 0.5) is 0 Å². The highest BCUT2D eigenvalue weighted by Crippen LogP contribution is 2.10. The van der Waals surface area contributed by atoms with E-state index in [2.05, 4.69) is 9.97 Å². The fraction of sp³-hybridized carbons (Fsp3) is 0.0833. The molecule has 2 aromatic heterocycles. The zero-order chi connectivity index (χ0) is 11.4. The van der Waals surface area contributed by atoms with Crippen LogP contribution < -0.4 is 4.74 Å². The van der Waals surface area contributed by atoms with E-state index < -0.39 is 0 Å². The van der Waals surface area contributed by atoms with Gasteiger partial charge in [-0.05, 0) is 18.2 Å². The van der Waals surface area contributed by atoms with E-state index in [1.54, 1.807) is 36.5 Å². The van der Waals surface area contributed by atoms with Crippen LogP contribution in [0.3, 0.4) is 0 Å². The Hall–Kier alpha value is -2.23. The van der Waals surface area contributed by atoms with E-state index in [4.69, 9.17) is 4.74 Å². The van der Waals surface area contributed by atoms with Crippen LogP contribution >= 0.6 is 0 Å². The molecule has 0 unspecified atom stereocenters. The van der Waals surface area contributed by atoms with Gasteiger partial charge in [0.2, 0.25) is 11.7 Å². The number of ketones is 1. The summed E-state index contributed by atoms with van der Waals surface area (Å²) in [4.78, 5) is 19.9. The Morgan fingerprint density at radius 1 is 1.19 bits per heavy atom. The van der Waals surface area contributed by atoms with E-state index in [1.807, 2.05) is 0 Å². The van der Waals surface area contributed by atoms with Crippen LogP contribution in [-0.2, 0) is 0 Å². The quantitative estimate of drug-likeness (QED) is 0.730. The molecule has 0 fully saturated rings. The maximum Gasteiger partial charge on any atom is 0.212 e. The molecule has 0 spiro atoms. The van der Waals surface area contributed by atoms with Crippen molar-refractivity contribution in [3.8, 4) is 5.88 Å². The van der Waals surface area contributed by atoms with Crippen molar-refractivity contribution in [3.63, 3.8) is 0 Å². The SMILES string of the molecule is COc1ccc(C(=O)c2ccccn2)cn1. The number of carbonyl (C=O) groups is 1. The third kappa shape index (κ3) is 2.06. The number of aromatic nitrogens is 2. The molecular formula is C12H10N2O2. The van der Waals surface area contributed by atoms with E-state index in [0.717, 1.165) is 0 Å². The monoisotopic (exact) mass is 214 g/mol. The third-order valence-electron chi connectivity index (χ3n) is 2.11. The first kappa shape index (κ1) is 10.3. The topological polar surface area (TPSA) is 52.1 Å². The van der Waals surface area contributed by atoms with Gasteiger partial charge in [-0.1, -0.05) is 6.07 Å². The minimum Gasteiger partial charge on any atom is -0.481 e. The van der Waals surface area contributed by atoms with Gasteiger partial charge >= 0.3 is 0 Å². The third-order valence-corrected chi connectivity index (χ3v) is 2.11. The number of carbonyl (C=O) groups excluding carboxylic acids is 1. The van der Waals surface area contributed by atoms with E-state index in [0.29, 0.717) is 17.1 Å². The van der Waals surface area contributed by atoms with Crippen LogP contribution in [-0.4, -0.2) is 22.9 Å². The molecule has 0 aliphatic carbocycles. The lowest BCUT2D eigenvalue weighted by atomic mass is 10.1. The highest BCUT2D eigenvalue weighted by Gasteiger charge is 2.09. The van der Waals surface area contributed by atoms with Gasteiger partial charge in [0.05, 0.1) is 7.11 Å². The molecule has 4 heteroatoms. The van der Waals surface area contributed by atoms with Gasteiger partial charge in [-0.2, -0.15) is 0 Å². The molecule has 2 heterocycles. The lowest BCUT2D eigenvalue weighted by Crippen LogP contribution is -2.04. The number of rotatable bonds is 3. The Morgan fingerprint density at radius 2 is 2.06 bits per heavy atom. The molecule has 0 radical (unpaired) electrons. The maximum atomic E-state index is 11.9. The molecule has 80 valence electrons. The number of ether oxygens (including phenoxy) is 1. The molecule has 0 aliphatic heterocycles. The zero-order valence-electron chi connectivity index (χ0n) is 8.75. The number of methoxy groups -OCH3 is 1. The summed E-state index contributed by atoms with van der Waals surface area (Å²) in [7, 11) is 1.53. The molecule has 0 amide bonds. The molecular weight excluding hydrogens is 204 g/mol. The van der Waals surface area contributed by atoms with Gasteiger partial charge in [0, 0.05) is 24.0 Å². The summed E-state index contributed by atoms with van der Waals surface area (Å²) in [5.41, 5.74) is 0.911. The largest absolute Gasteiger partial charge is 0.481 e.